The minimum absolute atomic E-state index is 0.115. The summed E-state index contributed by atoms with van der Waals surface area (Å²) in [5, 5.41) is 12.4. The molecule has 1 aromatic rings. The van der Waals surface area contributed by atoms with Crippen LogP contribution in [0.1, 0.15) is 42.4 Å². The molecule has 0 radical (unpaired) electrons. The first-order chi connectivity index (χ1) is 10.7. The molecule has 1 aromatic heterocycles. The number of H-pyrrole nitrogens is 1. The number of ether oxygens (including phenoxy) is 2. The maximum Gasteiger partial charge on any atom is 0.325 e. The lowest BCUT2D eigenvalue weighted by Crippen LogP contribution is -2.37. The third kappa shape index (κ3) is 4.10. The van der Waals surface area contributed by atoms with E-state index in [1.807, 2.05) is 0 Å². The normalized spacial score (nSPS) is 14.0. The van der Waals surface area contributed by atoms with Crippen molar-refractivity contribution in [2.45, 2.75) is 39.4 Å². The summed E-state index contributed by atoms with van der Waals surface area (Å²) in [5.74, 6) is -1.89. The van der Waals surface area contributed by atoms with Crippen molar-refractivity contribution < 1.29 is 24.2 Å². The highest BCUT2D eigenvalue weighted by molar-refractivity contribution is 5.98. The number of aromatic amines is 1. The second-order valence-corrected chi connectivity index (χ2v) is 6.21. The number of aromatic nitrogens is 1. The van der Waals surface area contributed by atoms with E-state index < -0.39 is 40.9 Å². The zero-order valence-electron chi connectivity index (χ0n) is 13.3. The second-order valence-electron chi connectivity index (χ2n) is 6.21. The quantitative estimate of drug-likeness (QED) is 0.685. The van der Waals surface area contributed by atoms with Crippen LogP contribution in [0.3, 0.4) is 0 Å². The number of carbonyl (C=O) groups is 2. The molecule has 0 aliphatic carbocycles. The highest BCUT2D eigenvalue weighted by atomic mass is 16.6. The van der Waals surface area contributed by atoms with Crippen LogP contribution in [0, 0.1) is 0 Å². The van der Waals surface area contributed by atoms with Crippen LogP contribution in [-0.2, 0) is 27.3 Å². The number of nitrogens with one attached hydrogen (secondary N) is 2. The number of fused-ring (bicyclic) bond motifs is 1. The van der Waals surface area contributed by atoms with Gasteiger partial charge in [-0.25, -0.2) is 0 Å². The predicted octanol–water partition coefficient (Wildman–Crippen LogP) is 0.225. The van der Waals surface area contributed by atoms with Crippen molar-refractivity contribution in [1.29, 1.82) is 0 Å². The lowest BCUT2D eigenvalue weighted by molar-refractivity contribution is -0.153. The standard InChI is InChI=1S/C15H20N2O6/c1-15(2,3)23-10(18)6-16-13(20)11-12(19)8-7-22-5-4-9(8)17-14(11)21/h4-7H2,1-3H3,(H,16,20)(H2,17,19,21). The molecule has 1 aliphatic rings. The van der Waals surface area contributed by atoms with Gasteiger partial charge in [-0.3, -0.25) is 14.4 Å². The minimum atomic E-state index is -0.844. The molecular weight excluding hydrogens is 304 g/mol. The molecule has 23 heavy (non-hydrogen) atoms. The lowest BCUT2D eigenvalue weighted by Gasteiger charge is -2.20. The molecule has 1 aliphatic heterocycles. The Kier molecular flexibility index (Phi) is 4.74. The molecule has 1 amide bonds. The van der Waals surface area contributed by atoms with Gasteiger partial charge in [0.2, 0.25) is 0 Å². The molecule has 0 atom stereocenters. The number of amides is 1. The maximum absolute atomic E-state index is 12.1. The summed E-state index contributed by atoms with van der Waals surface area (Å²) in [6.45, 7) is 5.26. The van der Waals surface area contributed by atoms with Crippen LogP contribution < -0.4 is 10.9 Å². The van der Waals surface area contributed by atoms with Crippen LogP contribution in [0.5, 0.6) is 5.75 Å². The Morgan fingerprint density at radius 2 is 2.09 bits per heavy atom. The Morgan fingerprint density at radius 3 is 2.74 bits per heavy atom. The second kappa shape index (κ2) is 6.41. The summed E-state index contributed by atoms with van der Waals surface area (Å²) < 4.78 is 10.3. The van der Waals surface area contributed by atoms with Crippen LogP contribution in [0.2, 0.25) is 0 Å². The molecule has 0 fully saturated rings. The number of esters is 1. The van der Waals surface area contributed by atoms with Crippen molar-refractivity contribution in [2.24, 2.45) is 0 Å². The molecule has 2 rings (SSSR count). The Bertz CT molecular complexity index is 686. The molecule has 0 saturated heterocycles. The fourth-order valence-corrected chi connectivity index (χ4v) is 2.22. The molecule has 3 N–H and O–H groups in total. The first-order valence-corrected chi connectivity index (χ1v) is 7.24. The molecule has 0 aromatic carbocycles. The monoisotopic (exact) mass is 324 g/mol. The van der Waals surface area contributed by atoms with E-state index in [0.717, 1.165) is 0 Å². The van der Waals surface area contributed by atoms with E-state index in [1.54, 1.807) is 20.8 Å². The third-order valence-electron chi connectivity index (χ3n) is 3.16. The SMILES string of the molecule is CC(C)(C)OC(=O)CNC(=O)c1c(O)c2c([nH]c1=O)CCOC2. The minimum Gasteiger partial charge on any atom is -0.506 e. The summed E-state index contributed by atoms with van der Waals surface area (Å²) in [6, 6.07) is 0. The molecule has 0 bridgehead atoms. The number of pyridine rings is 1. The Morgan fingerprint density at radius 1 is 1.39 bits per heavy atom. The van der Waals surface area contributed by atoms with Gasteiger partial charge in [-0.1, -0.05) is 0 Å². The highest BCUT2D eigenvalue weighted by Crippen LogP contribution is 2.25. The largest absolute Gasteiger partial charge is 0.506 e. The number of aromatic hydroxyl groups is 1. The van der Waals surface area contributed by atoms with Crippen molar-refractivity contribution in [2.75, 3.05) is 13.2 Å². The Hall–Kier alpha value is -2.35. The topological polar surface area (TPSA) is 118 Å². The van der Waals surface area contributed by atoms with E-state index in [0.29, 0.717) is 24.3 Å². The fraction of sp³-hybridized carbons (Fsp3) is 0.533. The Balaban J connectivity index is 2.14. The van der Waals surface area contributed by atoms with Crippen molar-refractivity contribution in [3.8, 4) is 5.75 Å². The van der Waals surface area contributed by atoms with Gasteiger partial charge in [0.15, 0.2) is 0 Å². The molecular formula is C15H20N2O6. The summed E-state index contributed by atoms with van der Waals surface area (Å²) >= 11 is 0. The average molecular weight is 324 g/mol. The van der Waals surface area contributed by atoms with Gasteiger partial charge in [-0.15, -0.1) is 0 Å². The maximum atomic E-state index is 12.1. The predicted molar refractivity (Wildman–Crippen MR) is 80.3 cm³/mol. The molecule has 0 saturated carbocycles. The average Bonchev–Trinajstić information content (AvgIpc) is 2.43. The molecule has 0 spiro atoms. The number of rotatable bonds is 3. The van der Waals surface area contributed by atoms with Crippen molar-refractivity contribution >= 4 is 11.9 Å². The van der Waals surface area contributed by atoms with E-state index in [1.165, 1.54) is 0 Å². The number of hydrogen-bond acceptors (Lipinski definition) is 6. The van der Waals surface area contributed by atoms with Gasteiger partial charge in [0.1, 0.15) is 23.5 Å². The van der Waals surface area contributed by atoms with Crippen LogP contribution in [0.25, 0.3) is 0 Å². The summed E-state index contributed by atoms with van der Waals surface area (Å²) in [4.78, 5) is 38.3. The van der Waals surface area contributed by atoms with Crippen LogP contribution in [0.15, 0.2) is 4.79 Å². The van der Waals surface area contributed by atoms with Gasteiger partial charge < -0.3 is 24.9 Å². The summed E-state index contributed by atoms with van der Waals surface area (Å²) in [5.41, 5.74) is -0.867. The van der Waals surface area contributed by atoms with Gasteiger partial charge in [0.25, 0.3) is 11.5 Å². The van der Waals surface area contributed by atoms with Crippen molar-refractivity contribution in [1.82, 2.24) is 10.3 Å². The zero-order valence-corrected chi connectivity index (χ0v) is 13.3. The molecule has 126 valence electrons. The number of hydrogen-bond donors (Lipinski definition) is 3. The first-order valence-electron chi connectivity index (χ1n) is 7.24. The third-order valence-corrected chi connectivity index (χ3v) is 3.16. The van der Waals surface area contributed by atoms with Gasteiger partial charge in [-0.2, -0.15) is 0 Å². The summed E-state index contributed by atoms with van der Waals surface area (Å²) in [7, 11) is 0. The number of carbonyl (C=O) groups excluding carboxylic acids is 2. The van der Waals surface area contributed by atoms with E-state index >= 15 is 0 Å². The smallest absolute Gasteiger partial charge is 0.325 e. The van der Waals surface area contributed by atoms with Crippen LogP contribution in [-0.4, -0.2) is 40.7 Å². The van der Waals surface area contributed by atoms with Gasteiger partial charge in [-0.05, 0) is 20.8 Å². The van der Waals surface area contributed by atoms with Gasteiger partial charge in [0.05, 0.1) is 13.2 Å². The molecule has 8 heteroatoms. The Labute approximate surface area is 132 Å². The van der Waals surface area contributed by atoms with E-state index in [2.05, 4.69) is 10.3 Å². The fourth-order valence-electron chi connectivity index (χ4n) is 2.22. The molecule has 8 nitrogen and oxygen atoms in total. The van der Waals surface area contributed by atoms with E-state index in [4.69, 9.17) is 9.47 Å². The van der Waals surface area contributed by atoms with Gasteiger partial charge >= 0.3 is 5.97 Å². The van der Waals surface area contributed by atoms with Crippen molar-refractivity contribution in [3.05, 3.63) is 27.2 Å². The van der Waals surface area contributed by atoms with E-state index in [9.17, 15) is 19.5 Å². The highest BCUT2D eigenvalue weighted by Gasteiger charge is 2.25. The zero-order chi connectivity index (χ0) is 17.2. The van der Waals surface area contributed by atoms with Crippen LogP contribution in [0.4, 0.5) is 0 Å². The molecule has 0 unspecified atom stereocenters. The van der Waals surface area contributed by atoms with Crippen molar-refractivity contribution in [3.63, 3.8) is 0 Å². The van der Waals surface area contributed by atoms with E-state index in [-0.39, 0.29) is 6.61 Å². The van der Waals surface area contributed by atoms with Crippen LogP contribution >= 0.6 is 0 Å². The first kappa shape index (κ1) is 17.0. The molecule has 2 heterocycles. The van der Waals surface area contributed by atoms with Gasteiger partial charge in [0, 0.05) is 17.7 Å². The lowest BCUT2D eigenvalue weighted by atomic mass is 10.0. The summed E-state index contributed by atoms with van der Waals surface area (Å²) in [6.07, 6.45) is 0.456.